The van der Waals surface area contributed by atoms with Crippen LogP contribution in [0.5, 0.6) is 0 Å². The van der Waals surface area contributed by atoms with Crippen LogP contribution in [0.25, 0.3) is 34.1 Å². The van der Waals surface area contributed by atoms with E-state index in [1.165, 1.54) is 6.07 Å². The molecule has 252 valence electrons. The van der Waals surface area contributed by atoms with Gasteiger partial charge in [-0.25, -0.2) is 23.4 Å². The van der Waals surface area contributed by atoms with Crippen LogP contribution in [-0.2, 0) is 16.0 Å². The van der Waals surface area contributed by atoms with Gasteiger partial charge in [-0.3, -0.25) is 9.36 Å². The van der Waals surface area contributed by atoms with E-state index in [4.69, 9.17) is 19.8 Å². The molecule has 2 aliphatic carbocycles. The molecular weight excluding hydrogens is 624 g/mol. The van der Waals surface area contributed by atoms with Gasteiger partial charge in [-0.2, -0.15) is 0 Å². The van der Waals surface area contributed by atoms with Gasteiger partial charge in [0, 0.05) is 62.4 Å². The molecule has 11 heteroatoms. The highest BCUT2D eigenvalue weighted by Crippen LogP contribution is 2.43. The van der Waals surface area contributed by atoms with Gasteiger partial charge in [-0.05, 0) is 85.5 Å². The number of ether oxygens (including phenoxy) is 1. The number of aromatic nitrogens is 5. The Morgan fingerprint density at radius 2 is 1.71 bits per heavy atom. The first-order valence-corrected chi connectivity index (χ1v) is 17.6. The van der Waals surface area contributed by atoms with E-state index >= 15 is 8.78 Å². The summed E-state index contributed by atoms with van der Waals surface area (Å²) in [7, 11) is 0. The highest BCUT2D eigenvalue weighted by atomic mass is 19.1. The van der Waals surface area contributed by atoms with Crippen LogP contribution in [0.15, 0.2) is 66.9 Å². The van der Waals surface area contributed by atoms with Crippen LogP contribution in [0, 0.1) is 17.7 Å². The summed E-state index contributed by atoms with van der Waals surface area (Å²) in [5.74, 6) is 2.32. The van der Waals surface area contributed by atoms with Gasteiger partial charge in [0.2, 0.25) is 5.91 Å². The molecule has 3 aromatic heterocycles. The topological polar surface area (TPSA) is 81.3 Å². The zero-order chi connectivity index (χ0) is 33.1. The Hall–Kier alpha value is -4.64. The zero-order valence-corrected chi connectivity index (χ0v) is 27.3. The van der Waals surface area contributed by atoms with Crippen molar-refractivity contribution in [1.29, 1.82) is 0 Å². The second kappa shape index (κ2) is 12.4. The molecule has 2 aromatic carbocycles. The Morgan fingerprint density at radius 3 is 2.51 bits per heavy atom. The molecule has 3 fully saturated rings. The number of rotatable bonds is 7. The molecule has 1 unspecified atom stereocenters. The molecule has 9 rings (SSSR count). The molecule has 1 saturated carbocycles. The SMILES string of the molecule is O=C(C1CC1)N1CCC(C[C@@H]2c3ccc(-n4c(-c5ccccc5F)nc5ccc(-n6ccc(N7CCOCC7)n6)nc54)cc3CC2F)CC1. The monoisotopic (exact) mass is 663 g/mol. The lowest BCUT2D eigenvalue weighted by Crippen LogP contribution is -2.39. The average Bonchev–Trinajstić information content (AvgIpc) is 3.61. The second-order valence-electron chi connectivity index (χ2n) is 14.0. The molecular formula is C38H39F2N7O2. The third-order valence-corrected chi connectivity index (χ3v) is 10.8. The average molecular weight is 664 g/mol. The van der Waals surface area contributed by atoms with Gasteiger partial charge in [0.25, 0.3) is 0 Å². The number of hydrogen-bond donors (Lipinski definition) is 0. The number of hydrogen-bond acceptors (Lipinski definition) is 6. The van der Waals surface area contributed by atoms with Crippen LogP contribution in [0.4, 0.5) is 14.6 Å². The molecule has 1 amide bonds. The normalized spacial score (nSPS) is 21.4. The molecule has 9 nitrogen and oxygen atoms in total. The summed E-state index contributed by atoms with van der Waals surface area (Å²) in [4.78, 5) is 26.7. The summed E-state index contributed by atoms with van der Waals surface area (Å²) >= 11 is 0. The van der Waals surface area contributed by atoms with Gasteiger partial charge in [0.1, 0.15) is 23.3 Å². The number of pyridine rings is 1. The van der Waals surface area contributed by atoms with Crippen molar-refractivity contribution in [2.45, 2.75) is 50.6 Å². The fourth-order valence-electron chi connectivity index (χ4n) is 7.97. The Balaban J connectivity index is 1.04. The second-order valence-corrected chi connectivity index (χ2v) is 14.0. The predicted octanol–water partition coefficient (Wildman–Crippen LogP) is 6.27. The molecule has 0 N–H and O–H groups in total. The van der Waals surface area contributed by atoms with Gasteiger partial charge in [0.15, 0.2) is 17.3 Å². The van der Waals surface area contributed by atoms with Crippen molar-refractivity contribution in [1.82, 2.24) is 29.2 Å². The van der Waals surface area contributed by atoms with E-state index in [1.54, 1.807) is 22.9 Å². The van der Waals surface area contributed by atoms with Crippen LogP contribution in [-0.4, -0.2) is 80.7 Å². The van der Waals surface area contributed by atoms with Crippen LogP contribution in [0.2, 0.25) is 0 Å². The Morgan fingerprint density at radius 1 is 0.898 bits per heavy atom. The van der Waals surface area contributed by atoms with Gasteiger partial charge >= 0.3 is 0 Å². The first kappa shape index (κ1) is 30.4. The van der Waals surface area contributed by atoms with Crippen molar-refractivity contribution < 1.29 is 18.3 Å². The lowest BCUT2D eigenvalue weighted by Gasteiger charge is -2.33. The molecule has 2 saturated heterocycles. The van der Waals surface area contributed by atoms with Crippen LogP contribution < -0.4 is 4.90 Å². The standard InChI is InChI=1S/C38H39F2N7O2/c39-31-4-2-1-3-29(31)36-41-33-9-10-34(46-16-13-35(43-46)44-17-19-49-20-18-44)42-37(33)47(36)27-7-8-28-26(22-27)23-32(40)30(28)21-24-11-14-45(15-12-24)38(48)25-5-6-25/h1-4,7-10,13,16,22,24-25,30,32H,5-6,11-12,14-15,17-21,23H2/t30-,32?/m1/s1. The quantitative estimate of drug-likeness (QED) is 0.204. The summed E-state index contributed by atoms with van der Waals surface area (Å²) in [6.07, 6.45) is 5.96. The maximum absolute atomic E-state index is 15.8. The van der Waals surface area contributed by atoms with E-state index in [2.05, 4.69) is 4.90 Å². The highest BCUT2D eigenvalue weighted by molar-refractivity contribution is 5.82. The van der Waals surface area contributed by atoms with Crippen LogP contribution in [0.3, 0.4) is 0 Å². The minimum atomic E-state index is -0.966. The number of imidazole rings is 1. The van der Waals surface area contributed by atoms with Gasteiger partial charge in [-0.1, -0.05) is 18.2 Å². The van der Waals surface area contributed by atoms with Crippen molar-refractivity contribution in [3.05, 3.63) is 83.8 Å². The zero-order valence-electron chi connectivity index (χ0n) is 27.3. The van der Waals surface area contributed by atoms with Crippen molar-refractivity contribution >= 4 is 22.9 Å². The summed E-state index contributed by atoms with van der Waals surface area (Å²) in [5, 5.41) is 4.80. The largest absolute Gasteiger partial charge is 0.378 e. The van der Waals surface area contributed by atoms with Crippen molar-refractivity contribution in [2.24, 2.45) is 11.8 Å². The fourth-order valence-corrected chi connectivity index (χ4v) is 7.97. The maximum atomic E-state index is 15.8. The van der Waals surface area contributed by atoms with E-state index < -0.39 is 6.17 Å². The third-order valence-electron chi connectivity index (χ3n) is 10.8. The lowest BCUT2D eigenvalue weighted by atomic mass is 9.84. The number of anilines is 1. The number of likely N-dealkylation sites (tertiary alicyclic amines) is 1. The summed E-state index contributed by atoms with van der Waals surface area (Å²) in [6, 6.07) is 18.4. The van der Waals surface area contributed by atoms with Gasteiger partial charge in [-0.15, -0.1) is 5.10 Å². The minimum absolute atomic E-state index is 0.171. The molecule has 4 aliphatic rings. The first-order chi connectivity index (χ1) is 24.0. The summed E-state index contributed by atoms with van der Waals surface area (Å²) in [5.41, 5.74) is 4.33. The van der Waals surface area contributed by atoms with Crippen molar-refractivity contribution in [3.63, 3.8) is 0 Å². The molecule has 0 bridgehead atoms. The molecule has 49 heavy (non-hydrogen) atoms. The number of fused-ring (bicyclic) bond motifs is 2. The number of carbonyl (C=O) groups excluding carboxylic acids is 1. The lowest BCUT2D eigenvalue weighted by molar-refractivity contribution is -0.134. The predicted molar refractivity (Wildman–Crippen MR) is 182 cm³/mol. The maximum Gasteiger partial charge on any atom is 0.225 e. The number of nitrogens with zero attached hydrogens (tertiary/aromatic N) is 7. The van der Waals surface area contributed by atoms with E-state index in [0.717, 1.165) is 80.9 Å². The van der Waals surface area contributed by atoms with Crippen LogP contribution >= 0.6 is 0 Å². The van der Waals surface area contributed by atoms with E-state index in [9.17, 15) is 4.79 Å². The van der Waals surface area contributed by atoms with Crippen molar-refractivity contribution in [2.75, 3.05) is 44.3 Å². The Labute approximate surface area is 283 Å². The number of carbonyl (C=O) groups is 1. The van der Waals surface area contributed by atoms with Crippen LogP contribution in [0.1, 0.15) is 49.1 Å². The van der Waals surface area contributed by atoms with E-state index in [-0.39, 0.29) is 17.7 Å². The number of alkyl halides is 1. The number of piperidine rings is 1. The number of halogens is 2. The van der Waals surface area contributed by atoms with Gasteiger partial charge in [0.05, 0.1) is 18.8 Å². The van der Waals surface area contributed by atoms with E-state index in [0.29, 0.717) is 59.8 Å². The molecule has 5 aromatic rings. The number of amides is 1. The molecule has 2 aliphatic heterocycles. The molecule has 0 spiro atoms. The number of morpholine rings is 1. The summed E-state index contributed by atoms with van der Waals surface area (Å²) < 4.78 is 40.2. The van der Waals surface area contributed by atoms with Gasteiger partial charge < -0.3 is 14.5 Å². The Kier molecular flexibility index (Phi) is 7.67. The van der Waals surface area contributed by atoms with Crippen molar-refractivity contribution in [3.8, 4) is 22.9 Å². The van der Waals surface area contributed by atoms with E-state index in [1.807, 2.05) is 52.1 Å². The Bertz CT molecular complexity index is 2020. The first-order valence-electron chi connectivity index (χ1n) is 17.6. The fraction of sp³-hybridized carbons (Fsp3) is 0.421. The smallest absolute Gasteiger partial charge is 0.225 e. The number of benzene rings is 2. The highest BCUT2D eigenvalue weighted by Gasteiger charge is 2.38. The minimum Gasteiger partial charge on any atom is -0.378 e. The molecule has 5 heterocycles. The third kappa shape index (κ3) is 5.67. The summed E-state index contributed by atoms with van der Waals surface area (Å²) in [6.45, 7) is 4.46. The molecule has 2 atom stereocenters. The molecule has 0 radical (unpaired) electrons.